The van der Waals surface area contributed by atoms with E-state index in [4.69, 9.17) is 5.11 Å². The van der Waals surface area contributed by atoms with E-state index < -0.39 is 7.37 Å². The third-order valence-electron chi connectivity index (χ3n) is 3.87. The quantitative estimate of drug-likeness (QED) is 0.489. The van der Waals surface area contributed by atoms with Gasteiger partial charge in [0.15, 0.2) is 0 Å². The molecule has 1 N–H and O–H groups in total. The maximum absolute atomic E-state index is 12.3. The molecule has 0 saturated carbocycles. The summed E-state index contributed by atoms with van der Waals surface area (Å²) in [6.45, 7) is 18.2. The van der Waals surface area contributed by atoms with Gasteiger partial charge in [-0.15, -0.1) is 0 Å². The summed E-state index contributed by atoms with van der Waals surface area (Å²) in [7, 11) is 2.93. The zero-order valence-electron chi connectivity index (χ0n) is 19.6. The van der Waals surface area contributed by atoms with Gasteiger partial charge in [0.1, 0.15) is 6.54 Å². The number of quaternary nitrogens is 1. The average molecular weight is 394 g/mol. The van der Waals surface area contributed by atoms with E-state index in [9.17, 15) is 9.46 Å². The summed E-state index contributed by atoms with van der Waals surface area (Å²) < 4.78 is 13.1. The fourth-order valence-electron chi connectivity index (χ4n) is 3.54. The average Bonchev–Trinajstić information content (AvgIpc) is 2.18. The Balaban J connectivity index is 0. The van der Waals surface area contributed by atoms with E-state index >= 15 is 0 Å². The fraction of sp³-hybridized carbons (Fsp3) is 1.00. The lowest BCUT2D eigenvalue weighted by Gasteiger charge is -2.33. The zero-order valence-corrected chi connectivity index (χ0v) is 20.4. The molecule has 5 heteroatoms. The van der Waals surface area contributed by atoms with Crippen LogP contribution in [0.3, 0.4) is 0 Å². The Kier molecular flexibility index (Phi) is 12.2. The lowest BCUT2D eigenvalue weighted by atomic mass is 9.86. The number of hydrogen-bond donors (Lipinski definition) is 1. The van der Waals surface area contributed by atoms with E-state index in [-0.39, 0.29) is 29.3 Å². The van der Waals surface area contributed by atoms with Crippen LogP contribution in [0.1, 0.15) is 68.2 Å². The summed E-state index contributed by atoms with van der Waals surface area (Å²) >= 11 is 0. The van der Waals surface area contributed by atoms with Gasteiger partial charge < -0.3 is 19.0 Å². The lowest BCUT2D eigenvalue weighted by molar-refractivity contribution is -0.870. The molecule has 0 aliphatic carbocycles. The minimum Gasteiger partial charge on any atom is -0.799 e. The van der Waals surface area contributed by atoms with Crippen molar-refractivity contribution in [2.24, 2.45) is 22.7 Å². The van der Waals surface area contributed by atoms with Crippen molar-refractivity contribution in [3.8, 4) is 0 Å². The normalized spacial score (nSPS) is 17.7. The Morgan fingerprint density at radius 2 is 1.19 bits per heavy atom. The first-order chi connectivity index (χ1) is 11.3. The Bertz CT molecular complexity index is 388. The smallest absolute Gasteiger partial charge is 0.101 e. The van der Waals surface area contributed by atoms with Gasteiger partial charge in [0.05, 0.1) is 27.7 Å². The van der Waals surface area contributed by atoms with Crippen molar-refractivity contribution in [3.05, 3.63) is 0 Å². The van der Waals surface area contributed by atoms with Gasteiger partial charge in [0.2, 0.25) is 0 Å². The number of nitrogens with zero attached hydrogens (tertiary/aromatic N) is 1. The van der Waals surface area contributed by atoms with Gasteiger partial charge in [-0.1, -0.05) is 55.4 Å². The molecule has 2 atom stereocenters. The summed E-state index contributed by atoms with van der Waals surface area (Å²) in [5.41, 5.74) is 0.410. The fourth-order valence-corrected chi connectivity index (χ4v) is 5.85. The van der Waals surface area contributed by atoms with Crippen LogP contribution in [0.25, 0.3) is 0 Å². The number of rotatable bonds is 8. The third kappa shape index (κ3) is 22.2. The first-order valence-corrected chi connectivity index (χ1v) is 12.0. The predicted octanol–water partition coefficient (Wildman–Crippen LogP) is 4.45. The summed E-state index contributed by atoms with van der Waals surface area (Å²) in [5.74, 6) is 0.510. The van der Waals surface area contributed by atoms with Crippen LogP contribution in [0.2, 0.25) is 0 Å². The van der Waals surface area contributed by atoms with Gasteiger partial charge in [-0.05, 0) is 47.8 Å². The molecule has 0 fully saturated rings. The second-order valence-electron chi connectivity index (χ2n) is 11.7. The predicted molar refractivity (Wildman–Crippen MR) is 114 cm³/mol. The van der Waals surface area contributed by atoms with E-state index in [1.807, 2.05) is 0 Å². The highest BCUT2D eigenvalue weighted by atomic mass is 31.2. The first-order valence-electron chi connectivity index (χ1n) is 9.97. The minimum atomic E-state index is -3.23. The van der Waals surface area contributed by atoms with Crippen molar-refractivity contribution in [3.63, 3.8) is 0 Å². The van der Waals surface area contributed by atoms with E-state index in [0.29, 0.717) is 12.3 Å². The molecule has 0 heterocycles. The van der Waals surface area contributed by atoms with Crippen LogP contribution in [0, 0.1) is 22.7 Å². The van der Waals surface area contributed by atoms with Crippen molar-refractivity contribution >= 4 is 7.37 Å². The molecule has 0 aliphatic heterocycles. The molecule has 0 radical (unpaired) electrons. The molecule has 0 aromatic rings. The van der Waals surface area contributed by atoms with Crippen molar-refractivity contribution < 1.29 is 19.0 Å². The molecule has 0 amide bonds. The molecule has 0 aliphatic rings. The lowest BCUT2D eigenvalue weighted by Crippen LogP contribution is -2.36. The van der Waals surface area contributed by atoms with Gasteiger partial charge in [0, 0.05) is 7.37 Å². The molecule has 0 bridgehead atoms. The molecule has 160 valence electrons. The summed E-state index contributed by atoms with van der Waals surface area (Å²) in [6.07, 6.45) is 2.65. The van der Waals surface area contributed by atoms with E-state index in [1.165, 1.54) is 0 Å². The number of aliphatic hydroxyl groups excluding tert-OH is 1. The molecule has 0 aromatic carbocycles. The van der Waals surface area contributed by atoms with Gasteiger partial charge in [-0.2, -0.15) is 0 Å². The maximum atomic E-state index is 12.3. The topological polar surface area (TPSA) is 60.4 Å². The molecular weight excluding hydrogens is 345 g/mol. The van der Waals surface area contributed by atoms with Gasteiger partial charge in [0.25, 0.3) is 0 Å². The minimum absolute atomic E-state index is 0.205. The number of hydrogen-bond acceptors (Lipinski definition) is 3. The van der Waals surface area contributed by atoms with Gasteiger partial charge in [-0.3, -0.25) is 0 Å². The Morgan fingerprint density at radius 3 is 1.35 bits per heavy atom. The standard InChI is InChI=1S/C16H35O2P.C5H14NO/c1-13(9-15(3,4)5)11-19(17,18)12-14(2)10-16(6,7)8;1-6(2,3)4-5-7/h13-14H,9-12H2,1-8H3,(H,17,18);7H,4-5H2,1-3H3/q;+1/p-1. The van der Waals surface area contributed by atoms with E-state index in [1.54, 1.807) is 0 Å². The molecule has 0 spiro atoms. The maximum Gasteiger partial charge on any atom is 0.101 e. The monoisotopic (exact) mass is 393 g/mol. The highest BCUT2D eigenvalue weighted by Gasteiger charge is 2.23. The zero-order chi connectivity index (χ0) is 21.4. The molecule has 26 heavy (non-hydrogen) atoms. The summed E-state index contributed by atoms with van der Waals surface area (Å²) in [5, 5.41) is 8.39. The second-order valence-corrected chi connectivity index (χ2v) is 14.0. The van der Waals surface area contributed by atoms with Crippen molar-refractivity contribution in [2.75, 3.05) is 46.6 Å². The first kappa shape index (κ1) is 28.3. The van der Waals surface area contributed by atoms with Crippen LogP contribution < -0.4 is 4.89 Å². The molecule has 2 unspecified atom stereocenters. The second kappa shape index (κ2) is 11.2. The van der Waals surface area contributed by atoms with Crippen molar-refractivity contribution in [1.82, 2.24) is 0 Å². The number of likely N-dealkylation sites (N-methyl/N-ethyl adjacent to an activating group) is 1. The van der Waals surface area contributed by atoms with E-state index in [0.717, 1.165) is 23.9 Å². The summed E-state index contributed by atoms with van der Waals surface area (Å²) in [4.78, 5) is 12.3. The molecule has 0 saturated heterocycles. The molecule has 0 aromatic heterocycles. The Labute approximate surface area is 164 Å². The van der Waals surface area contributed by atoms with Crippen LogP contribution in [0.4, 0.5) is 0 Å². The molecule has 0 rings (SSSR count). The SMILES string of the molecule is CC(CC(C)(C)C)CP(=O)([O-])CC(C)CC(C)(C)C.C[N+](C)(C)CCO. The number of aliphatic hydroxyl groups is 1. The third-order valence-corrected chi connectivity index (χ3v) is 6.23. The largest absolute Gasteiger partial charge is 0.799 e. The van der Waals surface area contributed by atoms with E-state index in [2.05, 4.69) is 76.5 Å². The molecular formula is C21H48NO3P. The highest BCUT2D eigenvalue weighted by molar-refractivity contribution is 7.56. The van der Waals surface area contributed by atoms with Gasteiger partial charge >= 0.3 is 0 Å². The van der Waals surface area contributed by atoms with Crippen molar-refractivity contribution in [1.29, 1.82) is 0 Å². The van der Waals surface area contributed by atoms with Crippen LogP contribution in [-0.2, 0) is 4.57 Å². The Morgan fingerprint density at radius 1 is 0.885 bits per heavy atom. The van der Waals surface area contributed by atoms with Crippen LogP contribution in [0.15, 0.2) is 0 Å². The van der Waals surface area contributed by atoms with Gasteiger partial charge in [-0.25, -0.2) is 0 Å². The van der Waals surface area contributed by atoms with Crippen LogP contribution in [0.5, 0.6) is 0 Å². The van der Waals surface area contributed by atoms with Crippen LogP contribution in [-0.4, -0.2) is 56.2 Å². The van der Waals surface area contributed by atoms with Crippen LogP contribution >= 0.6 is 7.37 Å². The highest BCUT2D eigenvalue weighted by Crippen LogP contribution is 2.43. The molecule has 4 nitrogen and oxygen atoms in total. The summed E-state index contributed by atoms with van der Waals surface area (Å²) in [6, 6.07) is 0. The van der Waals surface area contributed by atoms with Crippen molar-refractivity contribution in [2.45, 2.75) is 68.2 Å². The Hall–Kier alpha value is 0.110.